The Bertz CT molecular complexity index is 623. The highest BCUT2D eigenvalue weighted by Crippen LogP contribution is 2.17. The third kappa shape index (κ3) is 4.52. The number of rotatable bonds is 5. The molecule has 1 aromatic carbocycles. The van der Waals surface area contributed by atoms with Crippen molar-refractivity contribution in [3.8, 4) is 5.69 Å². The molecule has 0 saturated carbocycles. The zero-order chi connectivity index (χ0) is 16.1. The van der Waals surface area contributed by atoms with Gasteiger partial charge >= 0.3 is 0 Å². The second-order valence-corrected chi connectivity index (χ2v) is 5.98. The van der Waals surface area contributed by atoms with Gasteiger partial charge in [-0.05, 0) is 60.5 Å². The van der Waals surface area contributed by atoms with Crippen LogP contribution in [-0.4, -0.2) is 57.7 Å². The van der Waals surface area contributed by atoms with Crippen molar-refractivity contribution < 1.29 is 4.79 Å². The lowest BCUT2D eigenvalue weighted by Crippen LogP contribution is -2.41. The normalized spacial score (nSPS) is 15.1. The van der Waals surface area contributed by atoms with Gasteiger partial charge in [0.25, 0.3) is 0 Å². The summed E-state index contributed by atoms with van der Waals surface area (Å²) in [5, 5.41) is 14.3. The van der Waals surface area contributed by atoms with E-state index in [2.05, 4.69) is 20.8 Å². The van der Waals surface area contributed by atoms with Crippen LogP contribution in [0.1, 0.15) is 18.4 Å². The van der Waals surface area contributed by atoms with Gasteiger partial charge in [0.1, 0.15) is 6.33 Å². The van der Waals surface area contributed by atoms with Crippen LogP contribution in [0.5, 0.6) is 0 Å². The standard InChI is InChI=1S/C16H22N6O.ClH/c1-17-11-14-6-8-21(9-7-14)16(23)10-13-2-4-15(5-3-13)22-12-18-19-20-22;/h2-5,12,14,17H,6-11H2,1H3;1H. The molecule has 0 atom stereocenters. The number of benzene rings is 1. The second kappa shape index (κ2) is 8.75. The van der Waals surface area contributed by atoms with Crippen LogP contribution in [0, 0.1) is 5.92 Å². The van der Waals surface area contributed by atoms with Crippen molar-refractivity contribution in [3.05, 3.63) is 36.2 Å². The zero-order valence-corrected chi connectivity index (χ0v) is 14.6. The summed E-state index contributed by atoms with van der Waals surface area (Å²) in [6, 6.07) is 7.78. The monoisotopic (exact) mass is 350 g/mol. The number of hydrogen-bond acceptors (Lipinski definition) is 5. The lowest BCUT2D eigenvalue weighted by molar-refractivity contribution is -0.131. The number of likely N-dealkylation sites (tertiary alicyclic amines) is 1. The van der Waals surface area contributed by atoms with Crippen LogP contribution < -0.4 is 5.32 Å². The zero-order valence-electron chi connectivity index (χ0n) is 13.8. The molecular formula is C16H23ClN6O. The molecule has 2 heterocycles. The van der Waals surface area contributed by atoms with Crippen LogP contribution in [0.15, 0.2) is 30.6 Å². The minimum absolute atomic E-state index is 0. The maximum absolute atomic E-state index is 12.4. The van der Waals surface area contributed by atoms with Gasteiger partial charge in [0.15, 0.2) is 0 Å². The number of carbonyl (C=O) groups is 1. The van der Waals surface area contributed by atoms with Gasteiger partial charge in [-0.15, -0.1) is 17.5 Å². The fourth-order valence-corrected chi connectivity index (χ4v) is 3.01. The van der Waals surface area contributed by atoms with Crippen molar-refractivity contribution in [1.82, 2.24) is 30.4 Å². The minimum atomic E-state index is 0. The summed E-state index contributed by atoms with van der Waals surface area (Å²) in [5.41, 5.74) is 1.91. The third-order valence-corrected chi connectivity index (χ3v) is 4.37. The first-order valence-corrected chi connectivity index (χ1v) is 8.01. The molecule has 24 heavy (non-hydrogen) atoms. The number of aromatic nitrogens is 4. The highest BCUT2D eigenvalue weighted by Gasteiger charge is 2.22. The Morgan fingerprint density at radius 3 is 2.54 bits per heavy atom. The van der Waals surface area contributed by atoms with E-state index in [9.17, 15) is 4.79 Å². The topological polar surface area (TPSA) is 75.9 Å². The molecule has 0 radical (unpaired) electrons. The number of nitrogens with one attached hydrogen (secondary N) is 1. The lowest BCUT2D eigenvalue weighted by atomic mass is 9.96. The highest BCUT2D eigenvalue weighted by molar-refractivity contribution is 5.85. The van der Waals surface area contributed by atoms with Crippen molar-refractivity contribution >= 4 is 18.3 Å². The van der Waals surface area contributed by atoms with E-state index in [1.807, 2.05) is 36.2 Å². The van der Waals surface area contributed by atoms with Gasteiger partial charge in [-0.3, -0.25) is 4.79 Å². The Morgan fingerprint density at radius 2 is 1.96 bits per heavy atom. The van der Waals surface area contributed by atoms with E-state index in [1.165, 1.54) is 0 Å². The Balaban J connectivity index is 0.00000208. The molecule has 1 N–H and O–H groups in total. The van der Waals surface area contributed by atoms with Crippen LogP contribution in [0.4, 0.5) is 0 Å². The fraction of sp³-hybridized carbons (Fsp3) is 0.500. The molecule has 0 bridgehead atoms. The molecular weight excluding hydrogens is 328 g/mol. The first-order chi connectivity index (χ1) is 11.3. The number of amides is 1. The van der Waals surface area contributed by atoms with Gasteiger partial charge in [0.05, 0.1) is 12.1 Å². The molecule has 1 aliphatic heterocycles. The molecule has 1 fully saturated rings. The van der Waals surface area contributed by atoms with E-state index in [1.54, 1.807) is 11.0 Å². The van der Waals surface area contributed by atoms with Gasteiger partial charge in [-0.1, -0.05) is 12.1 Å². The first kappa shape index (κ1) is 18.4. The summed E-state index contributed by atoms with van der Waals surface area (Å²) in [6.07, 6.45) is 4.18. The lowest BCUT2D eigenvalue weighted by Gasteiger charge is -2.32. The van der Waals surface area contributed by atoms with Gasteiger partial charge in [-0.25, -0.2) is 4.68 Å². The fourth-order valence-electron chi connectivity index (χ4n) is 3.01. The minimum Gasteiger partial charge on any atom is -0.342 e. The molecule has 1 aromatic heterocycles. The summed E-state index contributed by atoms with van der Waals surface area (Å²) >= 11 is 0. The van der Waals surface area contributed by atoms with Crippen LogP contribution >= 0.6 is 12.4 Å². The van der Waals surface area contributed by atoms with E-state index in [-0.39, 0.29) is 18.3 Å². The molecule has 130 valence electrons. The van der Waals surface area contributed by atoms with E-state index in [0.29, 0.717) is 12.3 Å². The Kier molecular flexibility index (Phi) is 6.69. The van der Waals surface area contributed by atoms with Crippen molar-refractivity contribution in [2.75, 3.05) is 26.7 Å². The molecule has 2 aromatic rings. The highest BCUT2D eigenvalue weighted by atomic mass is 35.5. The van der Waals surface area contributed by atoms with Crippen molar-refractivity contribution in [2.45, 2.75) is 19.3 Å². The van der Waals surface area contributed by atoms with Crippen LogP contribution in [0.2, 0.25) is 0 Å². The molecule has 3 rings (SSSR count). The van der Waals surface area contributed by atoms with E-state index < -0.39 is 0 Å². The van der Waals surface area contributed by atoms with E-state index in [4.69, 9.17) is 0 Å². The predicted molar refractivity (Wildman–Crippen MR) is 93.3 cm³/mol. The van der Waals surface area contributed by atoms with Gasteiger partial charge in [0, 0.05) is 13.1 Å². The SMILES string of the molecule is CNCC1CCN(C(=O)Cc2ccc(-n3cnnn3)cc2)CC1.Cl. The maximum Gasteiger partial charge on any atom is 0.226 e. The third-order valence-electron chi connectivity index (χ3n) is 4.37. The summed E-state index contributed by atoms with van der Waals surface area (Å²) in [6.45, 7) is 2.78. The van der Waals surface area contributed by atoms with Crippen molar-refractivity contribution in [3.63, 3.8) is 0 Å². The number of halogens is 1. The summed E-state index contributed by atoms with van der Waals surface area (Å²) in [7, 11) is 1.98. The molecule has 1 saturated heterocycles. The van der Waals surface area contributed by atoms with E-state index >= 15 is 0 Å². The van der Waals surface area contributed by atoms with Crippen molar-refractivity contribution in [2.24, 2.45) is 5.92 Å². The molecule has 0 aliphatic carbocycles. The van der Waals surface area contributed by atoms with Crippen molar-refractivity contribution in [1.29, 1.82) is 0 Å². The molecule has 0 unspecified atom stereocenters. The largest absolute Gasteiger partial charge is 0.342 e. The number of piperidine rings is 1. The molecule has 1 aliphatic rings. The average molecular weight is 351 g/mol. The Hall–Kier alpha value is -1.99. The Labute approximate surface area is 147 Å². The predicted octanol–water partition coefficient (Wildman–Crippen LogP) is 1.08. The molecule has 8 heteroatoms. The van der Waals surface area contributed by atoms with Gasteiger partial charge in [-0.2, -0.15) is 0 Å². The van der Waals surface area contributed by atoms with Crippen LogP contribution in [-0.2, 0) is 11.2 Å². The van der Waals surface area contributed by atoms with Gasteiger partial charge < -0.3 is 10.2 Å². The van der Waals surface area contributed by atoms with Gasteiger partial charge in [0.2, 0.25) is 5.91 Å². The number of hydrogen-bond donors (Lipinski definition) is 1. The smallest absolute Gasteiger partial charge is 0.226 e. The number of tetrazole rings is 1. The van der Waals surface area contributed by atoms with Crippen LogP contribution in [0.25, 0.3) is 5.69 Å². The van der Waals surface area contributed by atoms with Crippen LogP contribution in [0.3, 0.4) is 0 Å². The Morgan fingerprint density at radius 1 is 1.25 bits per heavy atom. The maximum atomic E-state index is 12.4. The summed E-state index contributed by atoms with van der Waals surface area (Å²) in [4.78, 5) is 14.4. The summed E-state index contributed by atoms with van der Waals surface area (Å²) in [5.74, 6) is 0.905. The summed E-state index contributed by atoms with van der Waals surface area (Å²) < 4.78 is 1.60. The molecule has 7 nitrogen and oxygen atoms in total. The second-order valence-electron chi connectivity index (χ2n) is 5.98. The first-order valence-electron chi connectivity index (χ1n) is 8.01. The van der Waals surface area contributed by atoms with E-state index in [0.717, 1.165) is 43.7 Å². The molecule has 1 amide bonds. The average Bonchev–Trinajstić information content (AvgIpc) is 3.11. The number of nitrogens with zero attached hydrogens (tertiary/aromatic N) is 5. The quantitative estimate of drug-likeness (QED) is 0.873. The molecule has 0 spiro atoms. The number of carbonyl (C=O) groups excluding carboxylic acids is 1.